The highest BCUT2D eigenvalue weighted by Crippen LogP contribution is 2.42. The summed E-state index contributed by atoms with van der Waals surface area (Å²) in [6, 6.07) is 5.96. The van der Waals surface area contributed by atoms with Crippen LogP contribution in [0.1, 0.15) is 63.9 Å². The molecule has 5 heterocycles. The predicted octanol–water partition coefficient (Wildman–Crippen LogP) is 7.12. The molecule has 2 aromatic carbocycles. The highest BCUT2D eigenvalue weighted by Gasteiger charge is 2.49. The molecule has 3 aliphatic heterocycles. The van der Waals surface area contributed by atoms with Crippen LogP contribution in [0, 0.1) is 11.6 Å². The monoisotopic (exact) mass is 605 g/mol. The van der Waals surface area contributed by atoms with E-state index in [1.165, 1.54) is 18.6 Å². The van der Waals surface area contributed by atoms with Gasteiger partial charge in [0.05, 0.1) is 10.9 Å². The van der Waals surface area contributed by atoms with Gasteiger partial charge in [-0.05, 0) is 73.2 Å². The van der Waals surface area contributed by atoms with Crippen molar-refractivity contribution in [1.82, 2.24) is 19.9 Å². The molecule has 3 aliphatic rings. The van der Waals surface area contributed by atoms with Gasteiger partial charge in [0.25, 0.3) is 0 Å². The van der Waals surface area contributed by atoms with Crippen LogP contribution in [0.2, 0.25) is 0 Å². The number of ether oxygens (including phenoxy) is 1. The van der Waals surface area contributed by atoms with Crippen molar-refractivity contribution in [1.29, 1.82) is 0 Å². The Morgan fingerprint density at radius 3 is 2.61 bits per heavy atom. The van der Waals surface area contributed by atoms with Crippen molar-refractivity contribution in [3.8, 4) is 23.0 Å². The van der Waals surface area contributed by atoms with Gasteiger partial charge >= 0.3 is 6.01 Å². The van der Waals surface area contributed by atoms with Crippen LogP contribution in [0.25, 0.3) is 32.9 Å². The van der Waals surface area contributed by atoms with E-state index in [1.54, 1.807) is 18.3 Å². The first kappa shape index (κ1) is 29.1. The van der Waals surface area contributed by atoms with E-state index in [1.807, 2.05) is 6.92 Å². The number of benzene rings is 2. The first-order valence-corrected chi connectivity index (χ1v) is 15.9. The zero-order valence-corrected chi connectivity index (χ0v) is 25.1. The lowest BCUT2D eigenvalue weighted by molar-refractivity contribution is 0.107. The minimum absolute atomic E-state index is 0.0291. The van der Waals surface area contributed by atoms with Crippen LogP contribution >= 0.6 is 0 Å². The van der Waals surface area contributed by atoms with Crippen molar-refractivity contribution in [3.05, 3.63) is 47.7 Å². The minimum Gasteiger partial charge on any atom is -0.508 e. The van der Waals surface area contributed by atoms with Crippen molar-refractivity contribution in [2.24, 2.45) is 0 Å². The fourth-order valence-electron chi connectivity index (χ4n) is 7.65. The number of hydrogen-bond acceptors (Lipinski definition) is 7. The molecular weight excluding hydrogens is 567 g/mol. The van der Waals surface area contributed by atoms with E-state index in [0.717, 1.165) is 58.2 Å². The van der Waals surface area contributed by atoms with Gasteiger partial charge in [-0.15, -0.1) is 0 Å². The Balaban J connectivity index is 1.37. The highest BCUT2D eigenvalue weighted by atomic mass is 19.1. The summed E-state index contributed by atoms with van der Waals surface area (Å²) < 4.78 is 52.4. The highest BCUT2D eigenvalue weighted by molar-refractivity contribution is 6.01. The van der Waals surface area contributed by atoms with E-state index in [9.17, 15) is 13.9 Å². The summed E-state index contributed by atoms with van der Waals surface area (Å²) >= 11 is 0. The van der Waals surface area contributed by atoms with E-state index in [4.69, 9.17) is 9.72 Å². The van der Waals surface area contributed by atoms with Gasteiger partial charge in [-0.25, -0.2) is 13.2 Å². The summed E-state index contributed by atoms with van der Waals surface area (Å²) in [5.41, 5.74) is 0.346. The number of alkyl halides is 1. The molecule has 0 radical (unpaired) electrons. The SMILES string of the molecule is CCc1c(F)ccc2cc(O)cc(-c3ncc4c(N5CCCCCCC5)nc(OC[C@@]56CCCN5C[C@H](F)C6)nc4c3F)c12. The van der Waals surface area contributed by atoms with Crippen LogP contribution in [-0.2, 0) is 6.42 Å². The average molecular weight is 606 g/mol. The second kappa shape index (κ2) is 11.7. The Bertz CT molecular complexity index is 1710. The predicted molar refractivity (Wildman–Crippen MR) is 165 cm³/mol. The van der Waals surface area contributed by atoms with Crippen LogP contribution in [-0.4, -0.2) is 69.5 Å². The summed E-state index contributed by atoms with van der Waals surface area (Å²) in [5.74, 6) is -0.583. The van der Waals surface area contributed by atoms with Gasteiger partial charge in [-0.1, -0.05) is 32.3 Å². The molecular formula is C34H38F3N5O2. The first-order chi connectivity index (χ1) is 21.4. The number of hydrogen-bond donors (Lipinski definition) is 1. The molecule has 3 saturated heterocycles. The van der Waals surface area contributed by atoms with Gasteiger partial charge < -0.3 is 14.7 Å². The Labute approximate surface area is 255 Å². The number of phenolic OH excluding ortho intramolecular Hbond substituents is 1. The zero-order chi connectivity index (χ0) is 30.4. The molecule has 4 aromatic rings. The fraction of sp³-hybridized carbons (Fsp3) is 0.500. The van der Waals surface area contributed by atoms with Gasteiger partial charge in [0.2, 0.25) is 0 Å². The molecule has 0 spiro atoms. The van der Waals surface area contributed by atoms with Crippen molar-refractivity contribution in [3.63, 3.8) is 0 Å². The third-order valence-corrected chi connectivity index (χ3v) is 9.79. The van der Waals surface area contributed by atoms with Gasteiger partial charge in [-0.3, -0.25) is 9.88 Å². The normalized spacial score (nSPS) is 22.8. The molecule has 7 rings (SSSR count). The van der Waals surface area contributed by atoms with Crippen molar-refractivity contribution in [2.45, 2.75) is 76.4 Å². The maximum absolute atomic E-state index is 16.8. The largest absolute Gasteiger partial charge is 0.508 e. The van der Waals surface area contributed by atoms with Crippen LogP contribution in [0.5, 0.6) is 11.8 Å². The quantitative estimate of drug-likeness (QED) is 0.251. The number of aromatic nitrogens is 3. The Morgan fingerprint density at radius 1 is 1.02 bits per heavy atom. The number of pyridine rings is 1. The molecule has 3 fully saturated rings. The Morgan fingerprint density at radius 2 is 1.82 bits per heavy atom. The van der Waals surface area contributed by atoms with Crippen molar-refractivity contribution >= 4 is 27.5 Å². The molecule has 0 aliphatic carbocycles. The van der Waals surface area contributed by atoms with Crippen molar-refractivity contribution in [2.75, 3.05) is 37.7 Å². The molecule has 0 bridgehead atoms. The van der Waals surface area contributed by atoms with E-state index in [0.29, 0.717) is 52.5 Å². The van der Waals surface area contributed by atoms with Gasteiger partial charge in [0.1, 0.15) is 41.4 Å². The van der Waals surface area contributed by atoms with Gasteiger partial charge in [0.15, 0.2) is 5.82 Å². The molecule has 44 heavy (non-hydrogen) atoms. The summed E-state index contributed by atoms with van der Waals surface area (Å²) in [4.78, 5) is 18.3. The van der Waals surface area contributed by atoms with Gasteiger partial charge in [0, 0.05) is 37.8 Å². The number of anilines is 1. The summed E-state index contributed by atoms with van der Waals surface area (Å²) in [5, 5.41) is 12.1. The molecule has 232 valence electrons. The third kappa shape index (κ3) is 5.10. The molecule has 2 atom stereocenters. The number of aryl methyl sites for hydroxylation is 1. The third-order valence-electron chi connectivity index (χ3n) is 9.79. The van der Waals surface area contributed by atoms with E-state index < -0.39 is 23.3 Å². The Hall–Kier alpha value is -3.66. The zero-order valence-electron chi connectivity index (χ0n) is 25.1. The number of phenols is 1. The minimum atomic E-state index is -0.894. The lowest BCUT2D eigenvalue weighted by Gasteiger charge is -2.31. The number of nitrogens with zero attached hydrogens (tertiary/aromatic N) is 5. The van der Waals surface area contributed by atoms with Gasteiger partial charge in [-0.2, -0.15) is 9.97 Å². The maximum Gasteiger partial charge on any atom is 0.319 e. The second-order valence-electron chi connectivity index (χ2n) is 12.6. The van der Waals surface area contributed by atoms with E-state index in [-0.39, 0.29) is 29.6 Å². The fourth-order valence-corrected chi connectivity index (χ4v) is 7.65. The lowest BCUT2D eigenvalue weighted by Crippen LogP contribution is -2.43. The topological polar surface area (TPSA) is 74.6 Å². The standard InChI is InChI=1S/C34H38F3N5O2/c1-2-24-27(36)10-9-21-15-23(43)16-25(28(21)24)30-29(37)31-26(18-38-30)32(41-12-6-4-3-5-7-13-41)40-33(39-31)44-20-34-11-8-14-42(34)19-22(35)17-34/h9-10,15-16,18,22,43H,2-8,11-14,17,19-20H2,1H3/t22-,34+/m1/s1. The molecule has 2 aromatic heterocycles. The number of halogens is 3. The second-order valence-corrected chi connectivity index (χ2v) is 12.6. The first-order valence-electron chi connectivity index (χ1n) is 15.9. The number of fused-ring (bicyclic) bond motifs is 3. The van der Waals surface area contributed by atoms with Crippen molar-refractivity contribution < 1.29 is 23.0 Å². The Kier molecular flexibility index (Phi) is 7.72. The van der Waals surface area contributed by atoms with E-state index in [2.05, 4.69) is 19.8 Å². The smallest absolute Gasteiger partial charge is 0.319 e. The molecule has 1 N–H and O–H groups in total. The summed E-state index contributed by atoms with van der Waals surface area (Å²) in [7, 11) is 0. The van der Waals surface area contributed by atoms with Crippen LogP contribution in [0.4, 0.5) is 19.0 Å². The molecule has 0 saturated carbocycles. The maximum atomic E-state index is 16.8. The molecule has 7 nitrogen and oxygen atoms in total. The lowest BCUT2D eigenvalue weighted by atomic mass is 9.94. The number of aromatic hydroxyl groups is 1. The number of rotatable bonds is 6. The summed E-state index contributed by atoms with van der Waals surface area (Å²) in [6.07, 6.45) is 8.70. The molecule has 0 amide bonds. The van der Waals surface area contributed by atoms with Crippen LogP contribution in [0.15, 0.2) is 30.5 Å². The molecule has 10 heteroatoms. The van der Waals surface area contributed by atoms with Crippen LogP contribution < -0.4 is 9.64 Å². The van der Waals surface area contributed by atoms with Crippen LogP contribution in [0.3, 0.4) is 0 Å². The molecule has 0 unspecified atom stereocenters. The van der Waals surface area contributed by atoms with E-state index >= 15 is 4.39 Å². The average Bonchev–Trinajstić information content (AvgIpc) is 3.51. The summed E-state index contributed by atoms with van der Waals surface area (Å²) in [6.45, 7) is 4.85.